The summed E-state index contributed by atoms with van der Waals surface area (Å²) >= 11 is 0. The molecule has 0 radical (unpaired) electrons. The van der Waals surface area contributed by atoms with Crippen LogP contribution in [0.15, 0.2) is 18.2 Å². The number of amides is 2. The van der Waals surface area contributed by atoms with Crippen molar-refractivity contribution in [3.8, 4) is 0 Å². The molecule has 1 aromatic rings. The number of nitrogens with zero attached hydrogens (tertiary/aromatic N) is 1. The van der Waals surface area contributed by atoms with Gasteiger partial charge in [0.1, 0.15) is 6.04 Å². The second-order valence-corrected chi connectivity index (χ2v) is 7.28. The fourth-order valence-corrected chi connectivity index (χ4v) is 2.91. The van der Waals surface area contributed by atoms with Crippen LogP contribution in [0.2, 0.25) is 0 Å². The lowest BCUT2D eigenvalue weighted by molar-refractivity contribution is -0.152. The monoisotopic (exact) mass is 375 g/mol. The Labute approximate surface area is 160 Å². The van der Waals surface area contributed by atoms with Crippen LogP contribution in [0.5, 0.6) is 0 Å². The molecule has 1 atom stereocenters. The molecule has 0 bridgehead atoms. The van der Waals surface area contributed by atoms with Crippen molar-refractivity contribution < 1.29 is 19.1 Å². The van der Waals surface area contributed by atoms with Crippen LogP contribution in [0.4, 0.5) is 5.69 Å². The van der Waals surface area contributed by atoms with E-state index in [0.29, 0.717) is 19.7 Å². The number of carbonyl (C=O) groups excluding carboxylic acids is 3. The zero-order valence-electron chi connectivity index (χ0n) is 16.5. The van der Waals surface area contributed by atoms with E-state index in [9.17, 15) is 14.4 Å². The van der Waals surface area contributed by atoms with Gasteiger partial charge in [0, 0.05) is 18.8 Å². The minimum absolute atomic E-state index is 0.0646. The Hall–Kier alpha value is -2.57. The van der Waals surface area contributed by atoms with Gasteiger partial charge in [-0.2, -0.15) is 0 Å². The molecule has 1 fully saturated rings. The summed E-state index contributed by atoms with van der Waals surface area (Å²) in [6.07, 6.45) is -0.131. The molecule has 1 aliphatic rings. The Kier molecular flexibility index (Phi) is 7.21. The first-order valence-electron chi connectivity index (χ1n) is 9.32. The smallest absolute Gasteiger partial charge is 0.308 e. The molecule has 27 heavy (non-hydrogen) atoms. The lowest BCUT2D eigenvalue weighted by atomic mass is 10.1. The number of esters is 1. The van der Waals surface area contributed by atoms with Crippen LogP contribution in [0, 0.1) is 19.8 Å². The van der Waals surface area contributed by atoms with Crippen molar-refractivity contribution in [3.63, 3.8) is 0 Å². The standard InChI is InChI=1S/C20H29N3O4/c1-13(2)12-27-19(25)10-17-20(26)21-8-9-23(17)18(24)11-22-16-7-5-6-14(3)15(16)4/h5-7,13,17,22H,8-12H2,1-4H3,(H,21,26). The maximum Gasteiger partial charge on any atom is 0.308 e. The molecule has 1 saturated heterocycles. The molecule has 1 unspecified atom stereocenters. The Morgan fingerprint density at radius 3 is 2.78 bits per heavy atom. The third kappa shape index (κ3) is 5.70. The molecule has 7 nitrogen and oxygen atoms in total. The van der Waals surface area contributed by atoms with Gasteiger partial charge in [0.15, 0.2) is 0 Å². The summed E-state index contributed by atoms with van der Waals surface area (Å²) < 4.78 is 5.17. The topological polar surface area (TPSA) is 87.7 Å². The molecule has 0 spiro atoms. The second-order valence-electron chi connectivity index (χ2n) is 7.28. The molecule has 2 rings (SSSR count). The Bertz CT molecular complexity index is 702. The summed E-state index contributed by atoms with van der Waals surface area (Å²) in [5.74, 6) is -0.782. The van der Waals surface area contributed by atoms with Crippen LogP contribution < -0.4 is 10.6 Å². The van der Waals surface area contributed by atoms with Gasteiger partial charge in [-0.15, -0.1) is 0 Å². The maximum absolute atomic E-state index is 12.7. The van der Waals surface area contributed by atoms with E-state index in [2.05, 4.69) is 10.6 Å². The molecule has 0 saturated carbocycles. The van der Waals surface area contributed by atoms with Crippen molar-refractivity contribution in [1.29, 1.82) is 0 Å². The minimum Gasteiger partial charge on any atom is -0.465 e. The number of nitrogens with one attached hydrogen (secondary N) is 2. The number of carbonyl (C=O) groups is 3. The summed E-state index contributed by atoms with van der Waals surface area (Å²) in [4.78, 5) is 38.4. The van der Waals surface area contributed by atoms with Crippen molar-refractivity contribution in [1.82, 2.24) is 10.2 Å². The highest BCUT2D eigenvalue weighted by molar-refractivity contribution is 5.93. The van der Waals surface area contributed by atoms with Gasteiger partial charge in [-0.1, -0.05) is 26.0 Å². The maximum atomic E-state index is 12.7. The van der Waals surface area contributed by atoms with Crippen LogP contribution in [0.25, 0.3) is 0 Å². The van der Waals surface area contributed by atoms with E-state index in [1.807, 2.05) is 45.9 Å². The van der Waals surface area contributed by atoms with E-state index in [1.54, 1.807) is 0 Å². The number of hydrogen-bond donors (Lipinski definition) is 2. The summed E-state index contributed by atoms with van der Waals surface area (Å²) in [5, 5.41) is 5.86. The van der Waals surface area contributed by atoms with Gasteiger partial charge in [0.25, 0.3) is 0 Å². The van der Waals surface area contributed by atoms with Crippen LogP contribution in [0.1, 0.15) is 31.4 Å². The van der Waals surface area contributed by atoms with Gasteiger partial charge in [0.2, 0.25) is 11.8 Å². The number of rotatable bonds is 7. The molecule has 0 aromatic heterocycles. The normalized spacial score (nSPS) is 16.9. The van der Waals surface area contributed by atoms with Gasteiger partial charge in [-0.05, 0) is 37.0 Å². The average Bonchev–Trinajstić information content (AvgIpc) is 2.62. The number of ether oxygens (including phenoxy) is 1. The van der Waals surface area contributed by atoms with Gasteiger partial charge in [-0.3, -0.25) is 14.4 Å². The lowest BCUT2D eigenvalue weighted by Gasteiger charge is -2.34. The van der Waals surface area contributed by atoms with Crippen molar-refractivity contribution in [2.24, 2.45) is 5.92 Å². The van der Waals surface area contributed by atoms with Crippen molar-refractivity contribution in [2.45, 2.75) is 40.2 Å². The number of anilines is 1. The quantitative estimate of drug-likeness (QED) is 0.708. The molecule has 148 valence electrons. The fourth-order valence-electron chi connectivity index (χ4n) is 2.91. The number of piperazine rings is 1. The van der Waals surface area contributed by atoms with Crippen molar-refractivity contribution in [2.75, 3.05) is 31.6 Å². The highest BCUT2D eigenvalue weighted by Gasteiger charge is 2.35. The molecule has 2 amide bonds. The predicted molar refractivity (Wildman–Crippen MR) is 103 cm³/mol. The zero-order chi connectivity index (χ0) is 20.0. The van der Waals surface area contributed by atoms with Crippen molar-refractivity contribution >= 4 is 23.5 Å². The van der Waals surface area contributed by atoms with Crippen molar-refractivity contribution in [3.05, 3.63) is 29.3 Å². The van der Waals surface area contributed by atoms with Crippen LogP contribution in [0.3, 0.4) is 0 Å². The van der Waals surface area contributed by atoms with Gasteiger partial charge in [0.05, 0.1) is 19.6 Å². The van der Waals surface area contributed by atoms with E-state index in [1.165, 1.54) is 4.90 Å². The number of hydrogen-bond acceptors (Lipinski definition) is 5. The molecule has 1 aromatic carbocycles. The van der Waals surface area contributed by atoms with Gasteiger partial charge in [-0.25, -0.2) is 0 Å². The second kappa shape index (κ2) is 9.39. The molecule has 1 heterocycles. The Morgan fingerprint density at radius 1 is 1.33 bits per heavy atom. The van der Waals surface area contributed by atoms with E-state index < -0.39 is 12.0 Å². The van der Waals surface area contributed by atoms with Crippen LogP contribution in [-0.2, 0) is 19.1 Å². The first-order chi connectivity index (χ1) is 12.8. The van der Waals surface area contributed by atoms with Crippen LogP contribution in [-0.4, -0.2) is 55.0 Å². The largest absolute Gasteiger partial charge is 0.465 e. The first kappa shape index (κ1) is 20.7. The summed E-state index contributed by atoms with van der Waals surface area (Å²) in [6, 6.07) is 5.03. The highest BCUT2D eigenvalue weighted by Crippen LogP contribution is 2.18. The summed E-state index contributed by atoms with van der Waals surface area (Å²) in [5.41, 5.74) is 3.10. The van der Waals surface area contributed by atoms with E-state index >= 15 is 0 Å². The molecule has 1 aliphatic heterocycles. The molecular weight excluding hydrogens is 346 g/mol. The SMILES string of the molecule is Cc1cccc(NCC(=O)N2CCNC(=O)C2CC(=O)OCC(C)C)c1C. The summed E-state index contributed by atoms with van der Waals surface area (Å²) in [6.45, 7) is 9.00. The van der Waals surface area contributed by atoms with E-state index in [0.717, 1.165) is 16.8 Å². The third-order valence-corrected chi connectivity index (χ3v) is 4.62. The van der Waals surface area contributed by atoms with Crippen LogP contribution >= 0.6 is 0 Å². The first-order valence-corrected chi connectivity index (χ1v) is 9.32. The number of aryl methyl sites for hydroxylation is 1. The fraction of sp³-hybridized carbons (Fsp3) is 0.550. The van der Waals surface area contributed by atoms with E-state index in [-0.39, 0.29) is 30.7 Å². The zero-order valence-corrected chi connectivity index (χ0v) is 16.5. The number of benzene rings is 1. The Morgan fingerprint density at radius 2 is 2.07 bits per heavy atom. The lowest BCUT2D eigenvalue weighted by Crippen LogP contribution is -2.58. The minimum atomic E-state index is -0.827. The van der Waals surface area contributed by atoms with Gasteiger partial charge >= 0.3 is 5.97 Å². The molecular formula is C20H29N3O4. The average molecular weight is 375 g/mol. The highest BCUT2D eigenvalue weighted by atomic mass is 16.5. The molecule has 7 heteroatoms. The van der Waals surface area contributed by atoms with E-state index in [4.69, 9.17) is 4.74 Å². The van der Waals surface area contributed by atoms with Gasteiger partial charge < -0.3 is 20.3 Å². The third-order valence-electron chi connectivity index (χ3n) is 4.62. The molecule has 0 aliphatic carbocycles. The summed E-state index contributed by atoms with van der Waals surface area (Å²) in [7, 11) is 0. The Balaban J connectivity index is 1.99. The predicted octanol–water partition coefficient (Wildman–Crippen LogP) is 1.63. The molecule has 2 N–H and O–H groups in total.